The monoisotopic (exact) mass is 602 g/mol. The predicted molar refractivity (Wildman–Crippen MR) is 149 cm³/mol. The molecular formula is C27H29ClN5O5S2+. The summed E-state index contributed by atoms with van der Waals surface area (Å²) in [6, 6.07) is 7.39. The van der Waals surface area contributed by atoms with E-state index in [1.165, 1.54) is 28.0 Å². The summed E-state index contributed by atoms with van der Waals surface area (Å²) in [6.45, 7) is 8.38. The minimum absolute atomic E-state index is 0.00605. The summed E-state index contributed by atoms with van der Waals surface area (Å²) in [6.07, 6.45) is 2.25. The van der Waals surface area contributed by atoms with Crippen LogP contribution in [0.15, 0.2) is 41.6 Å². The van der Waals surface area contributed by atoms with Crippen molar-refractivity contribution < 1.29 is 27.7 Å². The molecule has 1 unspecified atom stereocenters. The molecule has 10 nitrogen and oxygen atoms in total. The van der Waals surface area contributed by atoms with Crippen LogP contribution in [0.1, 0.15) is 48.3 Å². The SMILES string of the molecule is CCn1n[n+]2c3c(C)c(ccc31)[C@@H](C(C)(C)C(=O)O)c1cc(c(Cl)s1)CN1C[C@@H](C2)Oc2ccncc2S1(=O)=O. The summed E-state index contributed by atoms with van der Waals surface area (Å²) >= 11 is 8.04. The zero-order valence-electron chi connectivity index (χ0n) is 22.5. The molecule has 40 heavy (non-hydrogen) atoms. The summed E-state index contributed by atoms with van der Waals surface area (Å²) < 4.78 is 39.6. The molecule has 6 bridgehead atoms. The molecule has 6 rings (SSSR count). The lowest BCUT2D eigenvalue weighted by molar-refractivity contribution is -0.738. The first-order chi connectivity index (χ1) is 18.9. The van der Waals surface area contributed by atoms with Crippen molar-refractivity contribution in [3.8, 4) is 5.75 Å². The Morgan fingerprint density at radius 3 is 2.83 bits per heavy atom. The highest BCUT2D eigenvalue weighted by atomic mass is 35.5. The number of hydrogen-bond donors (Lipinski definition) is 1. The van der Waals surface area contributed by atoms with Crippen molar-refractivity contribution in [2.45, 2.75) is 64.2 Å². The van der Waals surface area contributed by atoms with Crippen molar-refractivity contribution in [3.63, 3.8) is 0 Å². The normalized spacial score (nSPS) is 22.0. The second kappa shape index (κ2) is 9.51. The molecule has 0 fully saturated rings. The van der Waals surface area contributed by atoms with E-state index in [2.05, 4.69) is 4.98 Å². The van der Waals surface area contributed by atoms with Crippen molar-refractivity contribution in [3.05, 3.63) is 62.6 Å². The molecule has 0 saturated heterocycles. The molecule has 1 aromatic carbocycles. The highest BCUT2D eigenvalue weighted by Crippen LogP contribution is 2.48. The van der Waals surface area contributed by atoms with E-state index in [4.69, 9.17) is 21.6 Å². The molecule has 13 heteroatoms. The number of halogens is 1. The van der Waals surface area contributed by atoms with Gasteiger partial charge in [-0.1, -0.05) is 17.7 Å². The number of ether oxygens (including phenoxy) is 1. The van der Waals surface area contributed by atoms with Gasteiger partial charge in [0.2, 0.25) is 15.5 Å². The highest BCUT2D eigenvalue weighted by molar-refractivity contribution is 7.89. The van der Waals surface area contributed by atoms with E-state index >= 15 is 0 Å². The molecule has 0 aliphatic carbocycles. The molecule has 5 heterocycles. The summed E-state index contributed by atoms with van der Waals surface area (Å²) in [5.74, 6) is -1.24. The number of aryl methyl sites for hydroxylation is 2. The topological polar surface area (TPSA) is 118 Å². The van der Waals surface area contributed by atoms with Gasteiger partial charge in [-0.15, -0.1) is 20.7 Å². The van der Waals surface area contributed by atoms with Crippen LogP contribution in [0.25, 0.3) is 11.0 Å². The number of aliphatic carboxylic acids is 1. The van der Waals surface area contributed by atoms with Crippen LogP contribution in [0.3, 0.4) is 0 Å². The second-order valence-corrected chi connectivity index (χ2v) is 14.4. The Labute approximate surface area is 240 Å². The van der Waals surface area contributed by atoms with Crippen LogP contribution in [0.5, 0.6) is 5.75 Å². The number of hydrogen-bond acceptors (Lipinski definition) is 7. The van der Waals surface area contributed by atoms with Crippen molar-refractivity contribution in [2.75, 3.05) is 6.54 Å². The Kier molecular flexibility index (Phi) is 6.45. The van der Waals surface area contributed by atoms with Crippen LogP contribution in [-0.4, -0.2) is 51.3 Å². The fraction of sp³-hybridized carbons (Fsp3) is 0.407. The maximum Gasteiger partial charge on any atom is 0.310 e. The van der Waals surface area contributed by atoms with E-state index in [9.17, 15) is 18.3 Å². The smallest absolute Gasteiger partial charge is 0.310 e. The maximum absolute atomic E-state index is 13.9. The lowest BCUT2D eigenvalue weighted by Crippen LogP contribution is -2.49. The molecule has 3 atom stereocenters. The van der Waals surface area contributed by atoms with E-state index in [1.807, 2.05) is 41.4 Å². The average molecular weight is 603 g/mol. The maximum atomic E-state index is 13.9. The lowest BCUT2D eigenvalue weighted by atomic mass is 9.72. The average Bonchev–Trinajstić information content (AvgIpc) is 3.41. The largest absolute Gasteiger partial charge is 0.483 e. The minimum atomic E-state index is -3.98. The quantitative estimate of drug-likeness (QED) is 0.353. The van der Waals surface area contributed by atoms with Gasteiger partial charge in [0, 0.05) is 29.1 Å². The number of carbonyl (C=O) groups is 1. The number of aromatic nitrogens is 4. The molecular weight excluding hydrogens is 574 g/mol. The van der Waals surface area contributed by atoms with E-state index in [0.29, 0.717) is 16.4 Å². The van der Waals surface area contributed by atoms with Gasteiger partial charge in [-0.05, 0) is 57.0 Å². The Hall–Kier alpha value is -3.06. The first kappa shape index (κ1) is 27.1. The minimum Gasteiger partial charge on any atom is -0.483 e. The number of rotatable bonds is 3. The van der Waals surface area contributed by atoms with Crippen molar-refractivity contribution in [1.82, 2.24) is 19.2 Å². The Bertz CT molecular complexity index is 1780. The molecule has 4 aromatic rings. The van der Waals surface area contributed by atoms with Crippen LogP contribution >= 0.6 is 22.9 Å². The third-order valence-electron chi connectivity index (χ3n) is 7.94. The van der Waals surface area contributed by atoms with Crippen LogP contribution in [0, 0.1) is 12.3 Å². The molecule has 0 amide bonds. The second-order valence-electron chi connectivity index (χ2n) is 10.8. The summed E-state index contributed by atoms with van der Waals surface area (Å²) in [7, 11) is -3.98. The van der Waals surface area contributed by atoms with Gasteiger partial charge < -0.3 is 9.84 Å². The molecule has 2 aliphatic rings. The number of thiophene rings is 1. The van der Waals surface area contributed by atoms with E-state index in [-0.39, 0.29) is 30.3 Å². The Morgan fingerprint density at radius 2 is 2.10 bits per heavy atom. The first-order valence-electron chi connectivity index (χ1n) is 13.0. The fourth-order valence-corrected chi connectivity index (χ4v) is 8.90. The zero-order valence-corrected chi connectivity index (χ0v) is 24.8. The predicted octanol–water partition coefficient (Wildman–Crippen LogP) is 3.97. The zero-order chi connectivity index (χ0) is 28.6. The Morgan fingerprint density at radius 1 is 1.32 bits per heavy atom. The van der Waals surface area contributed by atoms with Crippen molar-refractivity contribution >= 4 is 50.0 Å². The number of nitrogens with zero attached hydrogens (tertiary/aromatic N) is 5. The first-order valence-corrected chi connectivity index (χ1v) is 15.6. The number of carboxylic acid groups (broad SMARTS) is 1. The van der Waals surface area contributed by atoms with Crippen molar-refractivity contribution in [1.29, 1.82) is 0 Å². The molecule has 2 aliphatic heterocycles. The number of carboxylic acids is 1. The van der Waals surface area contributed by atoms with Gasteiger partial charge in [0.05, 0.1) is 27.7 Å². The summed E-state index contributed by atoms with van der Waals surface area (Å²) in [4.78, 5) is 17.4. The lowest BCUT2D eigenvalue weighted by Gasteiger charge is -2.31. The van der Waals surface area contributed by atoms with Gasteiger partial charge in [-0.25, -0.2) is 8.42 Å². The van der Waals surface area contributed by atoms with Gasteiger partial charge in [-0.2, -0.15) is 4.31 Å². The van der Waals surface area contributed by atoms with Gasteiger partial charge in [0.15, 0.2) is 18.2 Å². The molecule has 0 radical (unpaired) electrons. The van der Waals surface area contributed by atoms with Crippen LogP contribution in [0.2, 0.25) is 4.34 Å². The van der Waals surface area contributed by atoms with Gasteiger partial charge in [0.25, 0.3) is 0 Å². The molecule has 3 aromatic heterocycles. The van der Waals surface area contributed by atoms with Crippen LogP contribution in [-0.2, 0) is 34.5 Å². The van der Waals surface area contributed by atoms with Gasteiger partial charge >= 0.3 is 5.97 Å². The van der Waals surface area contributed by atoms with Crippen LogP contribution < -0.4 is 9.42 Å². The molecule has 210 valence electrons. The number of pyridine rings is 1. The summed E-state index contributed by atoms with van der Waals surface area (Å²) in [5.41, 5.74) is 2.94. The van der Waals surface area contributed by atoms with Gasteiger partial charge in [0.1, 0.15) is 17.2 Å². The fourth-order valence-electron chi connectivity index (χ4n) is 5.80. The highest BCUT2D eigenvalue weighted by Gasteiger charge is 2.43. The third-order valence-corrected chi connectivity index (χ3v) is 11.3. The van der Waals surface area contributed by atoms with E-state index < -0.39 is 33.4 Å². The number of fused-ring (bicyclic) bond motifs is 6. The molecule has 0 spiro atoms. The van der Waals surface area contributed by atoms with E-state index in [0.717, 1.165) is 27.0 Å². The molecule has 1 N–H and O–H groups in total. The van der Waals surface area contributed by atoms with Crippen molar-refractivity contribution in [2.24, 2.45) is 5.41 Å². The third kappa shape index (κ3) is 4.11. The van der Waals surface area contributed by atoms with Gasteiger partial charge in [-0.3, -0.25) is 9.78 Å². The number of sulfonamides is 1. The molecule has 0 saturated carbocycles. The van der Waals surface area contributed by atoms with E-state index in [1.54, 1.807) is 19.9 Å². The standard InChI is InChI=1S/C27H28ClN5O5S2/c1-5-32-19-7-6-18-15(2)24(19)33(30-32)14-17-13-31(40(36,37)22-11-29-9-8-20(22)38-17)12-16-10-21(39-25(16)28)23(18)27(3,4)26(34)35/h6-11,17,23H,5,12-14H2,1-4H3/p+1/t17-,23+/m0/s1. The summed E-state index contributed by atoms with van der Waals surface area (Å²) in [5, 5.41) is 15.2. The Balaban J connectivity index is 1.66. The van der Waals surface area contributed by atoms with Crippen LogP contribution in [0.4, 0.5) is 0 Å². The number of benzene rings is 1.